The number of hydrogen-bond acceptors (Lipinski definition) is 2. The number of likely N-dealkylation sites (tertiary alicyclic amines) is 1. The summed E-state index contributed by atoms with van der Waals surface area (Å²) in [5.41, 5.74) is 0. The molecule has 0 radical (unpaired) electrons. The molecule has 0 aliphatic carbocycles. The van der Waals surface area contributed by atoms with Gasteiger partial charge in [-0.1, -0.05) is 32.6 Å². The first-order chi connectivity index (χ1) is 6.36. The van der Waals surface area contributed by atoms with Gasteiger partial charge in [-0.05, 0) is 13.0 Å². The van der Waals surface area contributed by atoms with Crippen LogP contribution < -0.4 is 0 Å². The summed E-state index contributed by atoms with van der Waals surface area (Å²) >= 11 is 0. The second-order valence-corrected chi connectivity index (χ2v) is 4.22. The van der Waals surface area contributed by atoms with Gasteiger partial charge in [0, 0.05) is 25.6 Å². The Hall–Kier alpha value is -0.0800. The van der Waals surface area contributed by atoms with Gasteiger partial charge < -0.3 is 10.0 Å². The highest BCUT2D eigenvalue weighted by molar-refractivity contribution is 4.78. The number of aliphatic hydroxyl groups is 1. The number of hydrogen-bond donors (Lipinski definition) is 1. The zero-order valence-electron chi connectivity index (χ0n) is 8.84. The maximum Gasteiger partial charge on any atom is 0.0483 e. The molecule has 1 saturated heterocycles. The molecule has 1 fully saturated rings. The van der Waals surface area contributed by atoms with Gasteiger partial charge in [-0.3, -0.25) is 0 Å². The van der Waals surface area contributed by atoms with E-state index in [9.17, 15) is 0 Å². The second kappa shape index (κ2) is 6.39. The molecule has 0 aromatic heterocycles. The Bertz CT molecular complexity index is 121. The highest BCUT2D eigenvalue weighted by atomic mass is 16.3. The average molecular weight is 185 g/mol. The van der Waals surface area contributed by atoms with Crippen molar-refractivity contribution in [3.8, 4) is 0 Å². The zero-order chi connectivity index (χ0) is 9.52. The first-order valence-corrected chi connectivity index (χ1v) is 5.70. The van der Waals surface area contributed by atoms with Gasteiger partial charge in [-0.2, -0.15) is 0 Å². The van der Waals surface area contributed by atoms with Crippen molar-refractivity contribution in [2.24, 2.45) is 5.92 Å². The van der Waals surface area contributed by atoms with Crippen molar-refractivity contribution in [1.82, 2.24) is 4.90 Å². The largest absolute Gasteiger partial charge is 0.396 e. The molecule has 0 saturated carbocycles. The highest BCUT2D eigenvalue weighted by Gasteiger charge is 2.24. The molecule has 0 aromatic carbocycles. The zero-order valence-corrected chi connectivity index (χ0v) is 8.84. The van der Waals surface area contributed by atoms with E-state index < -0.39 is 0 Å². The number of unbranched alkanes of at least 4 members (excludes halogenated alkanes) is 4. The van der Waals surface area contributed by atoms with Crippen molar-refractivity contribution in [2.45, 2.75) is 39.0 Å². The van der Waals surface area contributed by atoms with E-state index >= 15 is 0 Å². The Kier molecular flexibility index (Phi) is 5.40. The molecular formula is C11H23NO. The molecule has 1 heterocycles. The third kappa shape index (κ3) is 4.10. The van der Waals surface area contributed by atoms with E-state index in [0.29, 0.717) is 12.5 Å². The van der Waals surface area contributed by atoms with Crippen molar-refractivity contribution >= 4 is 0 Å². The Balaban J connectivity index is 1.80. The summed E-state index contributed by atoms with van der Waals surface area (Å²) in [7, 11) is 0. The summed E-state index contributed by atoms with van der Waals surface area (Å²) < 4.78 is 0. The normalized spacial score (nSPS) is 18.9. The number of aliphatic hydroxyl groups excluding tert-OH is 1. The van der Waals surface area contributed by atoms with Crippen molar-refractivity contribution in [2.75, 3.05) is 26.2 Å². The summed E-state index contributed by atoms with van der Waals surface area (Å²) in [4.78, 5) is 2.45. The lowest BCUT2D eigenvalue weighted by atomic mass is 10.0. The molecule has 0 bridgehead atoms. The predicted molar refractivity (Wildman–Crippen MR) is 55.8 cm³/mol. The molecule has 0 aromatic rings. The fourth-order valence-electron chi connectivity index (χ4n) is 1.91. The molecule has 1 aliphatic rings. The molecule has 1 N–H and O–H groups in total. The van der Waals surface area contributed by atoms with Gasteiger partial charge in [0.15, 0.2) is 0 Å². The van der Waals surface area contributed by atoms with Gasteiger partial charge in [0.05, 0.1) is 0 Å². The molecule has 2 nitrogen and oxygen atoms in total. The van der Waals surface area contributed by atoms with Crippen LogP contribution in [0.2, 0.25) is 0 Å². The summed E-state index contributed by atoms with van der Waals surface area (Å²) in [6.45, 7) is 6.14. The molecule has 1 aliphatic heterocycles. The van der Waals surface area contributed by atoms with Crippen molar-refractivity contribution < 1.29 is 5.11 Å². The van der Waals surface area contributed by atoms with E-state index in [1.807, 2.05) is 0 Å². The van der Waals surface area contributed by atoms with Gasteiger partial charge in [-0.15, -0.1) is 0 Å². The second-order valence-electron chi connectivity index (χ2n) is 4.22. The van der Waals surface area contributed by atoms with Gasteiger partial charge in [0.1, 0.15) is 0 Å². The Morgan fingerprint density at radius 3 is 2.46 bits per heavy atom. The minimum absolute atomic E-state index is 0.381. The molecule has 13 heavy (non-hydrogen) atoms. The topological polar surface area (TPSA) is 23.5 Å². The highest BCUT2D eigenvalue weighted by Crippen LogP contribution is 2.15. The molecule has 2 heteroatoms. The lowest BCUT2D eigenvalue weighted by molar-refractivity contribution is 0.0527. The van der Waals surface area contributed by atoms with Crippen molar-refractivity contribution in [1.29, 1.82) is 0 Å². The average Bonchev–Trinajstić information content (AvgIpc) is 2.08. The van der Waals surface area contributed by atoms with Crippen LogP contribution in [-0.2, 0) is 0 Å². The monoisotopic (exact) mass is 185 g/mol. The van der Waals surface area contributed by atoms with E-state index in [-0.39, 0.29) is 0 Å². The van der Waals surface area contributed by atoms with Crippen LogP contribution in [0.1, 0.15) is 39.0 Å². The summed E-state index contributed by atoms with van der Waals surface area (Å²) in [6.07, 6.45) is 6.84. The fraction of sp³-hybridized carbons (Fsp3) is 1.00. The van der Waals surface area contributed by atoms with E-state index in [2.05, 4.69) is 11.8 Å². The third-order valence-corrected chi connectivity index (χ3v) is 2.87. The van der Waals surface area contributed by atoms with Crippen LogP contribution in [0.3, 0.4) is 0 Å². The Morgan fingerprint density at radius 2 is 1.85 bits per heavy atom. The van der Waals surface area contributed by atoms with Crippen LogP contribution in [0.5, 0.6) is 0 Å². The fourth-order valence-corrected chi connectivity index (χ4v) is 1.91. The predicted octanol–water partition coefficient (Wildman–Crippen LogP) is 1.88. The van der Waals surface area contributed by atoms with Crippen LogP contribution in [-0.4, -0.2) is 36.2 Å². The van der Waals surface area contributed by atoms with Crippen LogP contribution in [0.4, 0.5) is 0 Å². The van der Waals surface area contributed by atoms with Crippen LogP contribution in [0, 0.1) is 5.92 Å². The minimum atomic E-state index is 0.381. The van der Waals surface area contributed by atoms with Crippen molar-refractivity contribution in [3.63, 3.8) is 0 Å². The van der Waals surface area contributed by atoms with Gasteiger partial charge in [-0.25, -0.2) is 0 Å². The van der Waals surface area contributed by atoms with Gasteiger partial charge >= 0.3 is 0 Å². The first-order valence-electron chi connectivity index (χ1n) is 5.70. The standard InChI is InChI=1S/C11H23NO/c1-2-3-4-5-6-7-12-8-11(9-12)10-13/h11,13H,2-10H2,1H3. The Morgan fingerprint density at radius 1 is 1.15 bits per heavy atom. The maximum absolute atomic E-state index is 8.82. The lowest BCUT2D eigenvalue weighted by Crippen LogP contribution is -2.48. The van der Waals surface area contributed by atoms with Crippen LogP contribution in [0.25, 0.3) is 0 Å². The molecule has 1 rings (SSSR count). The molecule has 0 amide bonds. The number of nitrogens with zero attached hydrogens (tertiary/aromatic N) is 1. The molecule has 0 unspecified atom stereocenters. The van der Waals surface area contributed by atoms with Crippen LogP contribution >= 0.6 is 0 Å². The third-order valence-electron chi connectivity index (χ3n) is 2.87. The van der Waals surface area contributed by atoms with Crippen molar-refractivity contribution in [3.05, 3.63) is 0 Å². The molecule has 0 spiro atoms. The molecule has 0 atom stereocenters. The van der Waals surface area contributed by atoms with E-state index in [1.54, 1.807) is 0 Å². The van der Waals surface area contributed by atoms with Crippen LogP contribution in [0.15, 0.2) is 0 Å². The summed E-state index contributed by atoms with van der Waals surface area (Å²) in [5, 5.41) is 8.82. The van der Waals surface area contributed by atoms with Gasteiger partial charge in [0.2, 0.25) is 0 Å². The summed E-state index contributed by atoms with van der Waals surface area (Å²) in [5.74, 6) is 0.579. The summed E-state index contributed by atoms with van der Waals surface area (Å²) in [6, 6.07) is 0. The maximum atomic E-state index is 8.82. The van der Waals surface area contributed by atoms with E-state index in [4.69, 9.17) is 5.11 Å². The lowest BCUT2D eigenvalue weighted by Gasteiger charge is -2.38. The van der Waals surface area contributed by atoms with E-state index in [1.165, 1.54) is 38.6 Å². The molecular weight excluding hydrogens is 162 g/mol. The smallest absolute Gasteiger partial charge is 0.0483 e. The first kappa shape index (κ1) is 11.0. The minimum Gasteiger partial charge on any atom is -0.396 e. The van der Waals surface area contributed by atoms with Gasteiger partial charge in [0.25, 0.3) is 0 Å². The Labute approximate surface area is 81.9 Å². The molecule has 78 valence electrons. The quantitative estimate of drug-likeness (QED) is 0.612. The SMILES string of the molecule is CCCCCCCN1CC(CO)C1. The van der Waals surface area contributed by atoms with E-state index in [0.717, 1.165) is 13.1 Å². The number of rotatable bonds is 7.